The van der Waals surface area contributed by atoms with Crippen LogP contribution in [-0.4, -0.2) is 46.3 Å². The van der Waals surface area contributed by atoms with Crippen molar-refractivity contribution in [1.82, 2.24) is 0 Å². The van der Waals surface area contributed by atoms with Crippen molar-refractivity contribution in [3.05, 3.63) is 0 Å². The van der Waals surface area contributed by atoms with Crippen molar-refractivity contribution in [2.75, 3.05) is 7.11 Å². The molecule has 2 fully saturated rings. The summed E-state index contributed by atoms with van der Waals surface area (Å²) in [7, 11) is 1.03. The Labute approximate surface area is 113 Å². The molecule has 0 radical (unpaired) electrons. The van der Waals surface area contributed by atoms with Crippen LogP contribution in [0.25, 0.3) is 0 Å². The third-order valence-corrected chi connectivity index (χ3v) is 4.76. The molecular weight excluding hydrogens is 272 g/mol. The van der Waals surface area contributed by atoms with Crippen LogP contribution < -0.4 is 0 Å². The number of hydrogen-bond acceptors (Lipinski definition) is 5. The zero-order chi connectivity index (χ0) is 15.3. The van der Waals surface area contributed by atoms with Crippen molar-refractivity contribution in [2.45, 2.75) is 19.3 Å². The largest absolute Gasteiger partial charge is 0.481 e. The fourth-order valence-corrected chi connectivity index (χ4v) is 4.07. The molecular formula is C12H14O8. The van der Waals surface area contributed by atoms with Crippen LogP contribution in [0.2, 0.25) is 0 Å². The Morgan fingerprint density at radius 1 is 1.10 bits per heavy atom. The molecule has 3 unspecified atom stereocenters. The van der Waals surface area contributed by atoms with Gasteiger partial charge in [0.15, 0.2) is 5.41 Å². The highest BCUT2D eigenvalue weighted by Gasteiger charge is 2.80. The summed E-state index contributed by atoms with van der Waals surface area (Å²) < 4.78 is 4.58. The van der Waals surface area contributed by atoms with Crippen LogP contribution in [0.1, 0.15) is 19.3 Å². The predicted octanol–water partition coefficient (Wildman–Crippen LogP) is -0.184. The van der Waals surface area contributed by atoms with Gasteiger partial charge < -0.3 is 20.1 Å². The zero-order valence-corrected chi connectivity index (χ0v) is 10.7. The Bertz CT molecular complexity index is 496. The lowest BCUT2D eigenvalue weighted by Crippen LogP contribution is -2.60. The quantitative estimate of drug-likeness (QED) is 0.477. The summed E-state index contributed by atoms with van der Waals surface area (Å²) in [5.74, 6) is -8.36. The number of carboxylic acid groups (broad SMARTS) is 3. The number of esters is 1. The van der Waals surface area contributed by atoms with Gasteiger partial charge in [-0.05, 0) is 25.2 Å². The number of carboxylic acids is 3. The monoisotopic (exact) mass is 286 g/mol. The molecule has 0 heterocycles. The second kappa shape index (κ2) is 4.19. The molecule has 20 heavy (non-hydrogen) atoms. The average Bonchev–Trinajstić information content (AvgIpc) is 2.92. The van der Waals surface area contributed by atoms with Crippen LogP contribution in [0.3, 0.4) is 0 Å². The molecule has 3 N–H and O–H groups in total. The van der Waals surface area contributed by atoms with Gasteiger partial charge in [0, 0.05) is 0 Å². The Kier molecular flexibility index (Phi) is 2.99. The first-order valence-corrected chi connectivity index (χ1v) is 6.03. The third-order valence-electron chi connectivity index (χ3n) is 4.76. The van der Waals surface area contributed by atoms with Crippen molar-refractivity contribution in [2.24, 2.45) is 22.7 Å². The summed E-state index contributed by atoms with van der Waals surface area (Å²) in [4.78, 5) is 46.7. The molecule has 2 rings (SSSR count). The number of methoxy groups -OCH3 is 1. The smallest absolute Gasteiger partial charge is 0.323 e. The molecule has 2 bridgehead atoms. The molecule has 0 aliphatic heterocycles. The summed E-state index contributed by atoms with van der Waals surface area (Å²) >= 11 is 0. The lowest BCUT2D eigenvalue weighted by molar-refractivity contribution is -0.194. The van der Waals surface area contributed by atoms with Gasteiger partial charge in [-0.1, -0.05) is 0 Å². The van der Waals surface area contributed by atoms with Gasteiger partial charge in [-0.25, -0.2) is 0 Å². The Balaban J connectivity index is 2.73. The topological polar surface area (TPSA) is 138 Å². The lowest BCUT2D eigenvalue weighted by Gasteiger charge is -2.40. The number of rotatable bonds is 4. The molecule has 8 nitrogen and oxygen atoms in total. The number of hydrogen-bond donors (Lipinski definition) is 3. The van der Waals surface area contributed by atoms with Crippen molar-refractivity contribution < 1.29 is 39.2 Å². The van der Waals surface area contributed by atoms with E-state index in [9.17, 15) is 34.5 Å². The zero-order valence-electron chi connectivity index (χ0n) is 10.7. The van der Waals surface area contributed by atoms with E-state index >= 15 is 0 Å². The van der Waals surface area contributed by atoms with E-state index in [1.807, 2.05) is 0 Å². The first-order valence-electron chi connectivity index (χ1n) is 6.03. The molecule has 2 aliphatic carbocycles. The van der Waals surface area contributed by atoms with Gasteiger partial charge in [0.1, 0.15) is 0 Å². The van der Waals surface area contributed by atoms with Gasteiger partial charge >= 0.3 is 23.9 Å². The van der Waals surface area contributed by atoms with Gasteiger partial charge in [0.05, 0.1) is 18.4 Å². The Hall–Kier alpha value is -2.12. The number of carbonyl (C=O) groups is 4. The maximum absolute atomic E-state index is 12.0. The molecule has 0 amide bonds. The molecule has 0 aromatic rings. The van der Waals surface area contributed by atoms with E-state index in [-0.39, 0.29) is 12.8 Å². The molecule has 0 spiro atoms. The van der Waals surface area contributed by atoms with Crippen LogP contribution in [0.4, 0.5) is 0 Å². The normalized spacial score (nSPS) is 33.6. The van der Waals surface area contributed by atoms with Gasteiger partial charge in [-0.3, -0.25) is 19.2 Å². The minimum Gasteiger partial charge on any atom is -0.481 e. The number of aliphatic carboxylic acids is 3. The average molecular weight is 286 g/mol. The lowest BCUT2D eigenvalue weighted by atomic mass is 9.58. The van der Waals surface area contributed by atoms with Crippen LogP contribution in [-0.2, 0) is 23.9 Å². The standard InChI is InChI=1S/C12H14O8/c1-20-10(19)11-3-2-5(4-11)6(7(13)14)12(11,8(15)16)9(17)18/h5-6H,2-4H2,1H3,(H,13,14)(H,15,16)(H,17,18). The fourth-order valence-electron chi connectivity index (χ4n) is 4.07. The summed E-state index contributed by atoms with van der Waals surface area (Å²) in [5, 5.41) is 28.1. The summed E-state index contributed by atoms with van der Waals surface area (Å²) in [6.07, 6.45) is 0.219. The van der Waals surface area contributed by atoms with E-state index in [2.05, 4.69) is 4.74 Å². The first-order chi connectivity index (χ1) is 9.25. The van der Waals surface area contributed by atoms with Crippen molar-refractivity contribution in [3.63, 3.8) is 0 Å². The number of ether oxygens (including phenoxy) is 1. The van der Waals surface area contributed by atoms with Gasteiger partial charge in [0.2, 0.25) is 0 Å². The maximum atomic E-state index is 12.0. The van der Waals surface area contributed by atoms with Crippen molar-refractivity contribution >= 4 is 23.9 Å². The highest BCUT2D eigenvalue weighted by molar-refractivity contribution is 6.08. The minimum atomic E-state index is -2.67. The van der Waals surface area contributed by atoms with Gasteiger partial charge in [-0.15, -0.1) is 0 Å². The first kappa shape index (κ1) is 14.3. The maximum Gasteiger partial charge on any atom is 0.323 e. The third kappa shape index (κ3) is 1.31. The second-order valence-corrected chi connectivity index (χ2v) is 5.31. The van der Waals surface area contributed by atoms with Gasteiger partial charge in [-0.2, -0.15) is 0 Å². The summed E-state index contributed by atoms with van der Waals surface area (Å²) in [5.41, 5.74) is -4.48. The summed E-state index contributed by atoms with van der Waals surface area (Å²) in [6.45, 7) is 0. The fraction of sp³-hybridized carbons (Fsp3) is 0.667. The predicted molar refractivity (Wildman–Crippen MR) is 60.6 cm³/mol. The van der Waals surface area contributed by atoms with E-state index in [0.29, 0.717) is 6.42 Å². The van der Waals surface area contributed by atoms with Crippen LogP contribution in [0.5, 0.6) is 0 Å². The van der Waals surface area contributed by atoms with E-state index in [0.717, 1.165) is 7.11 Å². The SMILES string of the molecule is COC(=O)C12CCC(C1)C(C(=O)O)C2(C(=O)O)C(=O)O. The highest BCUT2D eigenvalue weighted by atomic mass is 16.5. The molecule has 8 heteroatoms. The van der Waals surface area contributed by atoms with Crippen molar-refractivity contribution in [1.29, 1.82) is 0 Å². The van der Waals surface area contributed by atoms with Gasteiger partial charge in [0.25, 0.3) is 0 Å². The van der Waals surface area contributed by atoms with Crippen molar-refractivity contribution in [3.8, 4) is 0 Å². The van der Waals surface area contributed by atoms with E-state index in [1.54, 1.807) is 0 Å². The van der Waals surface area contributed by atoms with Crippen LogP contribution in [0, 0.1) is 22.7 Å². The number of carbonyl (C=O) groups excluding carboxylic acids is 1. The Morgan fingerprint density at radius 3 is 2.05 bits per heavy atom. The molecule has 0 aromatic heterocycles. The van der Waals surface area contributed by atoms with E-state index in [4.69, 9.17) is 0 Å². The molecule has 110 valence electrons. The van der Waals surface area contributed by atoms with E-state index in [1.165, 1.54) is 0 Å². The molecule has 2 saturated carbocycles. The minimum absolute atomic E-state index is 0.00667. The Morgan fingerprint density at radius 2 is 1.65 bits per heavy atom. The second-order valence-electron chi connectivity index (χ2n) is 5.31. The number of fused-ring (bicyclic) bond motifs is 2. The molecule has 2 aliphatic rings. The summed E-state index contributed by atoms with van der Waals surface area (Å²) in [6, 6.07) is 0. The van der Waals surface area contributed by atoms with E-state index < -0.39 is 46.5 Å². The molecule has 0 saturated heterocycles. The van der Waals surface area contributed by atoms with Crippen LogP contribution >= 0.6 is 0 Å². The molecule has 0 aromatic carbocycles. The molecule has 3 atom stereocenters. The highest BCUT2D eigenvalue weighted by Crippen LogP contribution is 2.68. The van der Waals surface area contributed by atoms with Crippen LogP contribution in [0.15, 0.2) is 0 Å².